The molecule has 0 spiro atoms. The summed E-state index contributed by atoms with van der Waals surface area (Å²) >= 11 is 11.5. The van der Waals surface area contributed by atoms with Crippen LogP contribution in [0.15, 0.2) is 18.2 Å². The van der Waals surface area contributed by atoms with Crippen molar-refractivity contribution in [2.45, 2.75) is 0 Å². The van der Waals surface area contributed by atoms with E-state index in [4.69, 9.17) is 28.6 Å². The number of rotatable bonds is 1. The van der Waals surface area contributed by atoms with E-state index in [-0.39, 0.29) is 0 Å². The van der Waals surface area contributed by atoms with Crippen molar-refractivity contribution < 1.29 is 4.74 Å². The predicted octanol–water partition coefficient (Wildman–Crippen LogP) is 2.32. The van der Waals surface area contributed by atoms with Crippen LogP contribution in [-0.4, -0.2) is 36.0 Å². The summed E-state index contributed by atoms with van der Waals surface area (Å²) in [6.45, 7) is 3.14. The fourth-order valence-corrected chi connectivity index (χ4v) is 2.65. The number of aromatic amines is 1. The van der Waals surface area contributed by atoms with Gasteiger partial charge in [0.15, 0.2) is 4.77 Å². The summed E-state index contributed by atoms with van der Waals surface area (Å²) in [5.74, 6) is 0. The highest BCUT2D eigenvalue weighted by atomic mass is 35.5. The van der Waals surface area contributed by atoms with Gasteiger partial charge in [-0.25, -0.2) is 4.68 Å². The van der Waals surface area contributed by atoms with E-state index >= 15 is 0 Å². The highest BCUT2D eigenvalue weighted by Crippen LogP contribution is 2.22. The van der Waals surface area contributed by atoms with E-state index in [0.717, 1.165) is 37.3 Å². The van der Waals surface area contributed by atoms with Gasteiger partial charge in [0.2, 0.25) is 0 Å². The molecule has 90 valence electrons. The van der Waals surface area contributed by atoms with Crippen molar-refractivity contribution in [1.82, 2.24) is 9.66 Å². The van der Waals surface area contributed by atoms with E-state index in [9.17, 15) is 0 Å². The summed E-state index contributed by atoms with van der Waals surface area (Å²) in [7, 11) is 0. The second-order valence-corrected chi connectivity index (χ2v) is 4.74. The van der Waals surface area contributed by atoms with E-state index in [1.807, 2.05) is 22.9 Å². The summed E-state index contributed by atoms with van der Waals surface area (Å²) in [5, 5.41) is 2.88. The Labute approximate surface area is 109 Å². The summed E-state index contributed by atoms with van der Waals surface area (Å²) < 4.78 is 8.04. The van der Waals surface area contributed by atoms with Crippen LogP contribution >= 0.6 is 23.8 Å². The van der Waals surface area contributed by atoms with Gasteiger partial charge < -0.3 is 14.7 Å². The predicted molar refractivity (Wildman–Crippen MR) is 70.9 cm³/mol. The molecule has 1 aliphatic rings. The molecule has 2 heterocycles. The van der Waals surface area contributed by atoms with Crippen LogP contribution in [0.5, 0.6) is 0 Å². The first-order chi connectivity index (χ1) is 8.27. The van der Waals surface area contributed by atoms with Gasteiger partial charge in [0.05, 0.1) is 42.4 Å². The van der Waals surface area contributed by atoms with Crippen LogP contribution in [0.3, 0.4) is 0 Å². The molecule has 0 amide bonds. The molecule has 6 heteroatoms. The molecule has 0 aliphatic carbocycles. The van der Waals surface area contributed by atoms with Crippen molar-refractivity contribution in [1.29, 1.82) is 0 Å². The minimum Gasteiger partial charge on any atom is -0.378 e. The fraction of sp³-hybridized carbons (Fsp3) is 0.364. The van der Waals surface area contributed by atoms with Gasteiger partial charge in [0, 0.05) is 0 Å². The number of nitrogens with one attached hydrogen (secondary N) is 1. The van der Waals surface area contributed by atoms with Gasteiger partial charge in [0.1, 0.15) is 0 Å². The number of benzene rings is 1. The number of halogens is 1. The molecule has 17 heavy (non-hydrogen) atoms. The van der Waals surface area contributed by atoms with E-state index in [2.05, 4.69) is 9.99 Å². The number of hydrogen-bond donors (Lipinski definition) is 1. The number of nitrogens with zero attached hydrogens (tertiary/aromatic N) is 2. The number of imidazole rings is 1. The van der Waals surface area contributed by atoms with Crippen LogP contribution in [0.25, 0.3) is 11.0 Å². The van der Waals surface area contributed by atoms with Gasteiger partial charge in [0.25, 0.3) is 0 Å². The maximum absolute atomic E-state index is 6.15. The lowest BCUT2D eigenvalue weighted by Crippen LogP contribution is -2.43. The van der Waals surface area contributed by atoms with Gasteiger partial charge in [-0.3, -0.25) is 0 Å². The molecule has 1 N–H and O–H groups in total. The number of para-hydroxylation sites is 1. The maximum Gasteiger partial charge on any atom is 0.197 e. The molecule has 1 aromatic heterocycles. The first-order valence-corrected chi connectivity index (χ1v) is 6.28. The summed E-state index contributed by atoms with van der Waals surface area (Å²) in [4.78, 5) is 3.16. The number of fused-ring (bicyclic) bond motifs is 1. The molecule has 0 radical (unpaired) electrons. The van der Waals surface area contributed by atoms with Crippen LogP contribution in [-0.2, 0) is 4.74 Å². The van der Waals surface area contributed by atoms with Crippen molar-refractivity contribution in [2.75, 3.05) is 31.3 Å². The Bertz CT molecular complexity index is 600. The van der Waals surface area contributed by atoms with Crippen molar-refractivity contribution in [3.63, 3.8) is 0 Å². The lowest BCUT2D eigenvalue weighted by molar-refractivity contribution is 0.111. The van der Waals surface area contributed by atoms with Crippen molar-refractivity contribution >= 4 is 34.9 Å². The lowest BCUT2D eigenvalue weighted by atomic mass is 10.3. The Morgan fingerprint density at radius 2 is 2.06 bits per heavy atom. The Kier molecular flexibility index (Phi) is 2.82. The minimum atomic E-state index is 0.676. The SMILES string of the molecule is S=c1[nH]c2c(Cl)cccc2n1N1CCOCC1. The second kappa shape index (κ2) is 4.33. The Morgan fingerprint density at radius 1 is 1.29 bits per heavy atom. The Hall–Kier alpha value is -1.04. The van der Waals surface area contributed by atoms with Crippen molar-refractivity contribution in [3.05, 3.63) is 28.0 Å². The third-order valence-electron chi connectivity index (χ3n) is 2.91. The molecule has 0 saturated carbocycles. The minimum absolute atomic E-state index is 0.676. The zero-order valence-corrected chi connectivity index (χ0v) is 10.7. The van der Waals surface area contributed by atoms with Gasteiger partial charge >= 0.3 is 0 Å². The second-order valence-electron chi connectivity index (χ2n) is 3.94. The highest BCUT2D eigenvalue weighted by molar-refractivity contribution is 7.71. The molecule has 0 bridgehead atoms. The lowest BCUT2D eigenvalue weighted by Gasteiger charge is -2.29. The molecule has 2 aromatic rings. The van der Waals surface area contributed by atoms with Gasteiger partial charge in [-0.1, -0.05) is 17.7 Å². The molecular weight excluding hydrogens is 258 g/mol. The van der Waals surface area contributed by atoms with Crippen LogP contribution < -0.4 is 5.01 Å². The first kappa shape index (κ1) is 11.1. The Balaban J connectivity index is 2.18. The van der Waals surface area contributed by atoms with Crippen molar-refractivity contribution in [2.24, 2.45) is 0 Å². The zero-order chi connectivity index (χ0) is 11.8. The quantitative estimate of drug-likeness (QED) is 0.807. The highest BCUT2D eigenvalue weighted by Gasteiger charge is 2.15. The van der Waals surface area contributed by atoms with E-state index < -0.39 is 0 Å². The topological polar surface area (TPSA) is 33.2 Å². The molecule has 3 rings (SSSR count). The third kappa shape index (κ3) is 1.84. The zero-order valence-electron chi connectivity index (χ0n) is 9.15. The summed E-state index contributed by atoms with van der Waals surface area (Å²) in [5.41, 5.74) is 1.91. The Morgan fingerprint density at radius 3 is 2.82 bits per heavy atom. The molecule has 0 unspecified atom stereocenters. The van der Waals surface area contributed by atoms with E-state index in [1.165, 1.54) is 0 Å². The number of hydrogen-bond acceptors (Lipinski definition) is 3. The average molecular weight is 270 g/mol. The first-order valence-electron chi connectivity index (χ1n) is 5.49. The fourth-order valence-electron chi connectivity index (χ4n) is 2.12. The largest absolute Gasteiger partial charge is 0.378 e. The molecule has 1 aliphatic heterocycles. The van der Waals surface area contributed by atoms with Crippen LogP contribution in [0.1, 0.15) is 0 Å². The van der Waals surface area contributed by atoms with Crippen LogP contribution in [0.4, 0.5) is 0 Å². The monoisotopic (exact) mass is 269 g/mol. The smallest absolute Gasteiger partial charge is 0.197 e. The molecule has 0 atom stereocenters. The van der Waals surface area contributed by atoms with Gasteiger partial charge in [-0.2, -0.15) is 0 Å². The molecule has 1 aromatic carbocycles. The number of ether oxygens (including phenoxy) is 1. The van der Waals surface area contributed by atoms with E-state index in [1.54, 1.807) is 0 Å². The van der Waals surface area contributed by atoms with Crippen LogP contribution in [0, 0.1) is 4.77 Å². The molecular formula is C11H12ClN3OS. The van der Waals surface area contributed by atoms with E-state index in [0.29, 0.717) is 9.79 Å². The number of morpholine rings is 1. The number of H-pyrrole nitrogens is 1. The number of aromatic nitrogens is 2. The third-order valence-corrected chi connectivity index (χ3v) is 3.50. The van der Waals surface area contributed by atoms with Gasteiger partial charge in [-0.05, 0) is 24.4 Å². The average Bonchev–Trinajstić information content (AvgIpc) is 2.68. The van der Waals surface area contributed by atoms with Crippen molar-refractivity contribution in [3.8, 4) is 0 Å². The molecule has 1 saturated heterocycles. The van der Waals surface area contributed by atoms with Gasteiger partial charge in [-0.15, -0.1) is 0 Å². The van der Waals surface area contributed by atoms with Crippen LogP contribution in [0.2, 0.25) is 5.02 Å². The standard InChI is InChI=1S/C11H12ClN3OS/c12-8-2-1-3-9-10(8)13-11(17)15(9)14-4-6-16-7-5-14/h1-3H,4-7H2,(H,13,17). The normalized spacial score (nSPS) is 16.6. The molecule has 4 nitrogen and oxygen atoms in total. The molecule has 1 fully saturated rings. The maximum atomic E-state index is 6.15. The summed E-state index contributed by atoms with van der Waals surface area (Å²) in [6, 6.07) is 5.81. The summed E-state index contributed by atoms with van der Waals surface area (Å²) in [6.07, 6.45) is 0.